The normalized spacial score (nSPS) is 10.2. The number of pyridine rings is 1. The Morgan fingerprint density at radius 3 is 2.83 bits per heavy atom. The number of aryl methyl sites for hydroxylation is 1. The third kappa shape index (κ3) is 2.47. The molecule has 0 saturated carbocycles. The maximum atomic E-state index is 5.86. The van der Waals surface area contributed by atoms with Gasteiger partial charge in [-0.25, -0.2) is 4.98 Å². The summed E-state index contributed by atoms with van der Waals surface area (Å²) in [5, 5.41) is 3.68. The van der Waals surface area contributed by atoms with Gasteiger partial charge in [-0.2, -0.15) is 0 Å². The van der Waals surface area contributed by atoms with Crippen LogP contribution in [0.25, 0.3) is 0 Å². The van der Waals surface area contributed by atoms with E-state index < -0.39 is 0 Å². The molecule has 1 heterocycles. The molecule has 0 unspecified atom stereocenters. The molecule has 0 aliphatic carbocycles. The number of rotatable bonds is 3. The Balaban J connectivity index is 2.69. The minimum Gasteiger partial charge on any atom is -0.319 e. The molecule has 0 aliphatic rings. The maximum Gasteiger partial charge on any atom is 0.132 e. The van der Waals surface area contributed by atoms with Crippen molar-refractivity contribution in [2.24, 2.45) is 0 Å². The van der Waals surface area contributed by atoms with E-state index in [1.165, 1.54) is 0 Å². The van der Waals surface area contributed by atoms with E-state index in [1.54, 1.807) is 0 Å². The lowest BCUT2D eigenvalue weighted by Crippen LogP contribution is -2.11. The Labute approximate surface area is 78.0 Å². The zero-order chi connectivity index (χ0) is 8.97. The molecule has 0 atom stereocenters. The fourth-order valence-electron chi connectivity index (χ4n) is 0.934. The van der Waals surface area contributed by atoms with Crippen molar-refractivity contribution in [3.63, 3.8) is 0 Å². The molecular formula is C9H13ClN2. The van der Waals surface area contributed by atoms with E-state index >= 15 is 0 Å². The highest BCUT2D eigenvalue weighted by Crippen LogP contribution is 2.11. The van der Waals surface area contributed by atoms with Crippen molar-refractivity contribution in [3.05, 3.63) is 28.5 Å². The quantitative estimate of drug-likeness (QED) is 0.725. The molecule has 0 radical (unpaired) electrons. The van der Waals surface area contributed by atoms with Crippen LogP contribution in [-0.2, 0) is 6.42 Å². The molecule has 2 nitrogen and oxygen atoms in total. The Morgan fingerprint density at radius 1 is 1.50 bits per heavy atom. The van der Waals surface area contributed by atoms with Crippen molar-refractivity contribution in [3.8, 4) is 0 Å². The molecule has 0 aromatic carbocycles. The van der Waals surface area contributed by atoms with Crippen molar-refractivity contribution >= 4 is 11.6 Å². The van der Waals surface area contributed by atoms with Crippen LogP contribution in [-0.4, -0.2) is 18.6 Å². The van der Waals surface area contributed by atoms with Gasteiger partial charge in [-0.15, -0.1) is 0 Å². The van der Waals surface area contributed by atoms with Gasteiger partial charge in [0.15, 0.2) is 0 Å². The average molecular weight is 185 g/mol. The average Bonchev–Trinajstić information content (AvgIpc) is 2.07. The SMILES string of the molecule is CNCCc1ccc(C)c(Cl)n1. The highest BCUT2D eigenvalue weighted by Gasteiger charge is 1.98. The molecule has 1 N–H and O–H groups in total. The van der Waals surface area contributed by atoms with Crippen molar-refractivity contribution in [1.29, 1.82) is 0 Å². The summed E-state index contributed by atoms with van der Waals surface area (Å²) in [6, 6.07) is 4.01. The minimum atomic E-state index is 0.614. The monoisotopic (exact) mass is 184 g/mol. The molecule has 1 aromatic heterocycles. The standard InChI is InChI=1S/C9H13ClN2/c1-7-3-4-8(5-6-11-2)12-9(7)10/h3-4,11H,5-6H2,1-2H3. The number of likely N-dealkylation sites (N-methyl/N-ethyl adjacent to an activating group) is 1. The molecule has 0 aliphatic heterocycles. The zero-order valence-corrected chi connectivity index (χ0v) is 8.15. The summed E-state index contributed by atoms with van der Waals surface area (Å²) < 4.78 is 0. The van der Waals surface area contributed by atoms with E-state index in [9.17, 15) is 0 Å². The molecule has 1 aromatic rings. The van der Waals surface area contributed by atoms with Crippen molar-refractivity contribution in [1.82, 2.24) is 10.3 Å². The number of hydrogen-bond acceptors (Lipinski definition) is 2. The van der Waals surface area contributed by atoms with Crippen LogP contribution in [0.3, 0.4) is 0 Å². The van der Waals surface area contributed by atoms with Crippen LogP contribution < -0.4 is 5.32 Å². The number of nitrogens with zero attached hydrogens (tertiary/aromatic N) is 1. The van der Waals surface area contributed by atoms with E-state index in [0.29, 0.717) is 5.15 Å². The van der Waals surface area contributed by atoms with Crippen LogP contribution >= 0.6 is 11.6 Å². The highest BCUT2D eigenvalue weighted by atomic mass is 35.5. The lowest BCUT2D eigenvalue weighted by atomic mass is 10.2. The molecule has 0 saturated heterocycles. The number of nitrogens with one attached hydrogen (secondary N) is 1. The third-order valence-corrected chi connectivity index (χ3v) is 2.11. The first kappa shape index (κ1) is 9.49. The van der Waals surface area contributed by atoms with Gasteiger partial charge >= 0.3 is 0 Å². The van der Waals surface area contributed by atoms with Gasteiger partial charge in [-0.1, -0.05) is 17.7 Å². The Kier molecular flexibility index (Phi) is 3.50. The second-order valence-corrected chi connectivity index (χ2v) is 3.12. The van der Waals surface area contributed by atoms with Crippen LogP contribution in [0.15, 0.2) is 12.1 Å². The summed E-state index contributed by atoms with van der Waals surface area (Å²) in [6.45, 7) is 2.89. The first-order valence-electron chi connectivity index (χ1n) is 4.00. The van der Waals surface area contributed by atoms with Crippen LogP contribution in [0.5, 0.6) is 0 Å². The van der Waals surface area contributed by atoms with Crippen molar-refractivity contribution < 1.29 is 0 Å². The van der Waals surface area contributed by atoms with Crippen LogP contribution in [0, 0.1) is 6.92 Å². The summed E-state index contributed by atoms with van der Waals surface area (Å²) >= 11 is 5.86. The van der Waals surface area contributed by atoms with E-state index in [-0.39, 0.29) is 0 Å². The van der Waals surface area contributed by atoms with Crippen molar-refractivity contribution in [2.75, 3.05) is 13.6 Å². The lowest BCUT2D eigenvalue weighted by Gasteiger charge is -2.01. The summed E-state index contributed by atoms with van der Waals surface area (Å²) in [5.74, 6) is 0. The lowest BCUT2D eigenvalue weighted by molar-refractivity contribution is 0.776. The molecule has 0 spiro atoms. The number of hydrogen-bond donors (Lipinski definition) is 1. The second kappa shape index (κ2) is 4.43. The Morgan fingerprint density at radius 2 is 2.25 bits per heavy atom. The fourth-order valence-corrected chi connectivity index (χ4v) is 1.11. The summed E-state index contributed by atoms with van der Waals surface area (Å²) in [6.07, 6.45) is 0.927. The molecule has 0 fully saturated rings. The summed E-state index contributed by atoms with van der Waals surface area (Å²) in [4.78, 5) is 4.24. The minimum absolute atomic E-state index is 0.614. The fraction of sp³-hybridized carbons (Fsp3) is 0.444. The topological polar surface area (TPSA) is 24.9 Å². The smallest absolute Gasteiger partial charge is 0.132 e. The van der Waals surface area contributed by atoms with Crippen LogP contribution in [0.2, 0.25) is 5.15 Å². The van der Waals surface area contributed by atoms with Gasteiger partial charge in [0.1, 0.15) is 5.15 Å². The highest BCUT2D eigenvalue weighted by molar-refractivity contribution is 6.30. The largest absolute Gasteiger partial charge is 0.319 e. The van der Waals surface area contributed by atoms with Crippen LogP contribution in [0.1, 0.15) is 11.3 Å². The predicted octanol–water partition coefficient (Wildman–Crippen LogP) is 1.81. The summed E-state index contributed by atoms with van der Waals surface area (Å²) in [7, 11) is 1.93. The van der Waals surface area contributed by atoms with E-state index in [1.807, 2.05) is 26.1 Å². The molecule has 12 heavy (non-hydrogen) atoms. The van der Waals surface area contributed by atoms with E-state index in [4.69, 9.17) is 11.6 Å². The van der Waals surface area contributed by atoms with Crippen LogP contribution in [0.4, 0.5) is 0 Å². The second-order valence-electron chi connectivity index (χ2n) is 2.76. The van der Waals surface area contributed by atoms with Gasteiger partial charge < -0.3 is 5.32 Å². The molecule has 0 amide bonds. The molecule has 66 valence electrons. The zero-order valence-electron chi connectivity index (χ0n) is 7.39. The van der Waals surface area contributed by atoms with Crippen molar-refractivity contribution in [2.45, 2.75) is 13.3 Å². The van der Waals surface area contributed by atoms with Gasteiger partial charge in [-0.3, -0.25) is 0 Å². The van der Waals surface area contributed by atoms with Gasteiger partial charge in [0.05, 0.1) is 0 Å². The van der Waals surface area contributed by atoms with E-state index in [2.05, 4.69) is 10.3 Å². The van der Waals surface area contributed by atoms with Gasteiger partial charge in [-0.05, 0) is 25.6 Å². The number of aromatic nitrogens is 1. The molecule has 0 bridgehead atoms. The Hall–Kier alpha value is -0.600. The third-order valence-electron chi connectivity index (χ3n) is 1.72. The van der Waals surface area contributed by atoms with Gasteiger partial charge in [0.2, 0.25) is 0 Å². The van der Waals surface area contributed by atoms with Gasteiger partial charge in [0, 0.05) is 18.7 Å². The number of halogens is 1. The molecular weight excluding hydrogens is 172 g/mol. The maximum absolute atomic E-state index is 5.86. The molecule has 3 heteroatoms. The van der Waals surface area contributed by atoms with E-state index in [0.717, 1.165) is 24.2 Å². The summed E-state index contributed by atoms with van der Waals surface area (Å²) in [5.41, 5.74) is 2.07. The first-order chi connectivity index (χ1) is 5.74. The van der Waals surface area contributed by atoms with Gasteiger partial charge in [0.25, 0.3) is 0 Å². The first-order valence-corrected chi connectivity index (χ1v) is 4.38. The molecule has 1 rings (SSSR count). The predicted molar refractivity (Wildman–Crippen MR) is 51.6 cm³/mol. The Bertz CT molecular complexity index is 261.